The third-order valence-corrected chi connectivity index (χ3v) is 8.58. The Morgan fingerprint density at radius 2 is 1.97 bits per heavy atom. The number of ether oxygens (including phenoxy) is 1. The molecule has 2 aromatic rings. The third kappa shape index (κ3) is 6.40. The van der Waals surface area contributed by atoms with Gasteiger partial charge in [-0.15, -0.1) is 11.3 Å². The Bertz CT molecular complexity index is 1140. The lowest BCUT2D eigenvalue weighted by molar-refractivity contribution is -0.126. The van der Waals surface area contributed by atoms with Crippen molar-refractivity contribution in [3.8, 4) is 5.88 Å². The number of pyridine rings is 1. The number of carbonyl (C=O) groups is 2. The fourth-order valence-electron chi connectivity index (χ4n) is 5.89. The van der Waals surface area contributed by atoms with Crippen LogP contribution in [0.15, 0.2) is 29.0 Å². The van der Waals surface area contributed by atoms with Gasteiger partial charge in [0.1, 0.15) is 17.3 Å². The minimum atomic E-state index is -0.288. The predicted octanol–water partition coefficient (Wildman–Crippen LogP) is 4.48. The van der Waals surface area contributed by atoms with E-state index >= 15 is 0 Å². The van der Waals surface area contributed by atoms with E-state index in [2.05, 4.69) is 30.5 Å². The summed E-state index contributed by atoms with van der Waals surface area (Å²) < 4.78 is 6.08. The summed E-state index contributed by atoms with van der Waals surface area (Å²) in [6.45, 7) is 7.77. The first-order valence-electron chi connectivity index (χ1n) is 13.9. The van der Waals surface area contributed by atoms with E-state index in [0.717, 1.165) is 56.6 Å². The summed E-state index contributed by atoms with van der Waals surface area (Å²) in [7, 11) is 0. The number of aliphatic imine (C=N–C) groups is 1. The van der Waals surface area contributed by atoms with E-state index in [1.165, 1.54) is 30.6 Å². The van der Waals surface area contributed by atoms with Crippen molar-refractivity contribution >= 4 is 34.7 Å². The van der Waals surface area contributed by atoms with Crippen LogP contribution in [0.4, 0.5) is 5.69 Å². The molecule has 1 atom stereocenters. The molecule has 2 amide bonds. The highest BCUT2D eigenvalue weighted by Gasteiger charge is 2.39. The van der Waals surface area contributed by atoms with Gasteiger partial charge in [-0.1, -0.05) is 6.42 Å². The van der Waals surface area contributed by atoms with Crippen LogP contribution in [0.1, 0.15) is 79.9 Å². The Morgan fingerprint density at radius 1 is 1.18 bits per heavy atom. The number of hydrogen-bond donors (Lipinski definition) is 2. The number of piperidine rings is 1. The molecule has 2 aliphatic heterocycles. The Kier molecular flexibility index (Phi) is 8.68. The summed E-state index contributed by atoms with van der Waals surface area (Å²) >= 11 is 1.29. The molecule has 2 aromatic heterocycles. The number of amides is 2. The Balaban J connectivity index is 1.32. The zero-order chi connectivity index (χ0) is 26.5. The van der Waals surface area contributed by atoms with Crippen molar-refractivity contribution in [2.45, 2.75) is 70.8 Å². The van der Waals surface area contributed by atoms with Crippen LogP contribution >= 0.6 is 11.3 Å². The van der Waals surface area contributed by atoms with Gasteiger partial charge >= 0.3 is 0 Å². The Morgan fingerprint density at radius 3 is 2.68 bits per heavy atom. The lowest BCUT2D eigenvalue weighted by Crippen LogP contribution is -2.38. The highest BCUT2D eigenvalue weighted by Crippen LogP contribution is 2.45. The molecule has 38 heavy (non-hydrogen) atoms. The molecule has 1 saturated heterocycles. The molecule has 0 bridgehead atoms. The first-order chi connectivity index (χ1) is 18.5. The number of likely N-dealkylation sites (tertiary alicyclic amines) is 1. The minimum Gasteiger partial charge on any atom is -0.476 e. The maximum atomic E-state index is 12.9. The number of amidine groups is 1. The van der Waals surface area contributed by atoms with E-state index in [0.29, 0.717) is 23.2 Å². The SMILES string of the molecule is CC(C)NC(=O)[C@H]1CC[C@@H]([C@H]2/C(=N/C(=O)c3cncs3)Nc3cnc(OCCN4CCCCC4)cc32)CC1. The number of carbonyl (C=O) groups excluding carboxylic acids is 2. The average Bonchev–Trinajstić information content (AvgIpc) is 3.57. The van der Waals surface area contributed by atoms with Gasteiger partial charge in [-0.3, -0.25) is 19.5 Å². The molecule has 10 heteroatoms. The Hall–Kier alpha value is -2.85. The van der Waals surface area contributed by atoms with Gasteiger partial charge in [0.05, 0.1) is 23.6 Å². The van der Waals surface area contributed by atoms with E-state index in [1.54, 1.807) is 17.9 Å². The van der Waals surface area contributed by atoms with E-state index in [4.69, 9.17) is 4.74 Å². The molecule has 0 aromatic carbocycles. The maximum absolute atomic E-state index is 12.9. The number of thiazole rings is 1. The first-order valence-corrected chi connectivity index (χ1v) is 14.8. The van der Waals surface area contributed by atoms with E-state index in [-0.39, 0.29) is 35.6 Å². The van der Waals surface area contributed by atoms with Gasteiger partial charge in [0.25, 0.3) is 5.91 Å². The van der Waals surface area contributed by atoms with Crippen molar-refractivity contribution in [2.75, 3.05) is 31.6 Å². The summed E-state index contributed by atoms with van der Waals surface area (Å²) in [4.78, 5) is 41.5. The molecule has 1 saturated carbocycles. The van der Waals surface area contributed by atoms with Crippen LogP contribution in [0, 0.1) is 11.8 Å². The highest BCUT2D eigenvalue weighted by molar-refractivity contribution is 7.11. The van der Waals surface area contributed by atoms with Gasteiger partial charge in [0.2, 0.25) is 11.8 Å². The lowest BCUT2D eigenvalue weighted by atomic mass is 9.73. The number of nitrogens with one attached hydrogen (secondary N) is 2. The molecular formula is C28H38N6O3S. The van der Waals surface area contributed by atoms with Gasteiger partial charge < -0.3 is 15.4 Å². The van der Waals surface area contributed by atoms with Crippen LogP contribution in [0.2, 0.25) is 0 Å². The summed E-state index contributed by atoms with van der Waals surface area (Å²) in [6.07, 6.45) is 10.6. The van der Waals surface area contributed by atoms with Crippen LogP contribution in [0.5, 0.6) is 5.88 Å². The quantitative estimate of drug-likeness (QED) is 0.510. The standard InChI is InChI=1S/C28H38N6O3S/c1-18(2)31-27(35)20-8-6-19(7-9-20)25-21-14-24(37-13-12-34-10-4-3-5-11-34)30-15-22(21)32-26(25)33-28(36)23-16-29-17-38-23/h14-20,25H,3-13H2,1-2H3,(H,31,35)(H,32,33,36)/t19-,20+,25-/m1/s1. The van der Waals surface area contributed by atoms with E-state index in [9.17, 15) is 9.59 Å². The molecule has 0 spiro atoms. The molecule has 2 fully saturated rings. The van der Waals surface area contributed by atoms with Crippen LogP contribution in [0.3, 0.4) is 0 Å². The summed E-state index contributed by atoms with van der Waals surface area (Å²) in [5, 5.41) is 6.44. The molecule has 1 aliphatic carbocycles. The number of fused-ring (bicyclic) bond motifs is 1. The van der Waals surface area contributed by atoms with Crippen molar-refractivity contribution in [3.63, 3.8) is 0 Å². The van der Waals surface area contributed by atoms with Crippen molar-refractivity contribution in [3.05, 3.63) is 34.4 Å². The lowest BCUT2D eigenvalue weighted by Gasteiger charge is -2.32. The third-order valence-electron chi connectivity index (χ3n) is 7.82. The molecular weight excluding hydrogens is 500 g/mol. The second-order valence-corrected chi connectivity index (χ2v) is 11.8. The number of rotatable bonds is 8. The number of aromatic nitrogens is 2. The molecule has 204 valence electrons. The van der Waals surface area contributed by atoms with Crippen LogP contribution in [0.25, 0.3) is 0 Å². The van der Waals surface area contributed by atoms with Gasteiger partial charge in [0.15, 0.2) is 0 Å². The van der Waals surface area contributed by atoms with E-state index < -0.39 is 0 Å². The van der Waals surface area contributed by atoms with Crippen molar-refractivity contribution < 1.29 is 14.3 Å². The summed E-state index contributed by atoms with van der Waals surface area (Å²) in [5.41, 5.74) is 3.58. The first kappa shape index (κ1) is 26.7. The normalized spacial score (nSPS) is 24.7. The topological polar surface area (TPSA) is 109 Å². The number of nitrogens with zero attached hydrogens (tertiary/aromatic N) is 4. The van der Waals surface area contributed by atoms with Gasteiger partial charge in [-0.25, -0.2) is 4.98 Å². The fourth-order valence-corrected chi connectivity index (χ4v) is 6.40. The second kappa shape index (κ2) is 12.3. The smallest absolute Gasteiger partial charge is 0.290 e. The highest BCUT2D eigenvalue weighted by atomic mass is 32.1. The summed E-state index contributed by atoms with van der Waals surface area (Å²) in [6, 6.07) is 2.16. The van der Waals surface area contributed by atoms with Crippen molar-refractivity contribution in [1.29, 1.82) is 0 Å². The summed E-state index contributed by atoms with van der Waals surface area (Å²) in [5.74, 6) is 1.35. The monoisotopic (exact) mass is 538 g/mol. The zero-order valence-corrected chi connectivity index (χ0v) is 23.1. The van der Waals surface area contributed by atoms with Gasteiger partial charge in [-0.2, -0.15) is 4.99 Å². The Labute approximate surface area is 228 Å². The van der Waals surface area contributed by atoms with Crippen LogP contribution in [-0.4, -0.2) is 64.8 Å². The molecule has 5 rings (SSSR count). The fraction of sp³-hybridized carbons (Fsp3) is 0.607. The average molecular weight is 539 g/mol. The largest absolute Gasteiger partial charge is 0.476 e. The number of anilines is 1. The van der Waals surface area contributed by atoms with Crippen molar-refractivity contribution in [2.24, 2.45) is 16.8 Å². The molecule has 4 heterocycles. The van der Waals surface area contributed by atoms with Gasteiger partial charge in [0, 0.05) is 30.5 Å². The minimum absolute atomic E-state index is 0.0350. The predicted molar refractivity (Wildman–Crippen MR) is 149 cm³/mol. The molecule has 9 nitrogen and oxygen atoms in total. The zero-order valence-electron chi connectivity index (χ0n) is 22.3. The molecule has 2 N–H and O–H groups in total. The van der Waals surface area contributed by atoms with Crippen LogP contribution in [-0.2, 0) is 4.79 Å². The van der Waals surface area contributed by atoms with Crippen LogP contribution < -0.4 is 15.4 Å². The van der Waals surface area contributed by atoms with E-state index in [1.807, 2.05) is 19.9 Å². The van der Waals surface area contributed by atoms with Gasteiger partial charge in [-0.05, 0) is 76.9 Å². The molecule has 0 unspecified atom stereocenters. The molecule has 0 radical (unpaired) electrons. The maximum Gasteiger partial charge on any atom is 0.290 e. The number of hydrogen-bond acceptors (Lipinski definition) is 7. The molecule has 3 aliphatic rings. The second-order valence-electron chi connectivity index (χ2n) is 10.9. The van der Waals surface area contributed by atoms with Crippen molar-refractivity contribution in [1.82, 2.24) is 20.2 Å².